The summed E-state index contributed by atoms with van der Waals surface area (Å²) in [5.41, 5.74) is 1.47. The number of hydrogen-bond acceptors (Lipinski definition) is 4. The summed E-state index contributed by atoms with van der Waals surface area (Å²) in [6.45, 7) is 9.80. The molecular formula is C28H37N3O3. The Hall–Kier alpha value is -2.18. The maximum absolute atomic E-state index is 13.7. The van der Waals surface area contributed by atoms with Crippen molar-refractivity contribution in [3.05, 3.63) is 46.2 Å². The third-order valence-corrected chi connectivity index (χ3v) is 9.00. The van der Waals surface area contributed by atoms with Gasteiger partial charge < -0.3 is 14.6 Å². The first kappa shape index (κ1) is 22.3. The molecule has 7 rings (SSSR count). The summed E-state index contributed by atoms with van der Waals surface area (Å²) < 4.78 is 7.58. The summed E-state index contributed by atoms with van der Waals surface area (Å²) in [5, 5.41) is 4.08. The Morgan fingerprint density at radius 3 is 2.44 bits per heavy atom. The molecule has 1 N–H and O–H groups in total. The SMILES string of the molecule is C[C@]12CC3CC(NC(=O)c4cn(CCN5CCOCC5)c5ccccc5c4=O)(C1)C[C@@](C)(C3)C2. The monoisotopic (exact) mass is 463 g/mol. The van der Waals surface area contributed by atoms with Gasteiger partial charge >= 0.3 is 0 Å². The normalized spacial score (nSPS) is 35.1. The number of morpholine rings is 1. The lowest BCUT2D eigenvalue weighted by Crippen LogP contribution is -2.65. The first-order valence-corrected chi connectivity index (χ1v) is 13.0. The molecule has 2 unspecified atom stereocenters. The third-order valence-electron chi connectivity index (χ3n) is 9.00. The molecule has 4 bridgehead atoms. The lowest BCUT2D eigenvalue weighted by Gasteiger charge is -2.65. The van der Waals surface area contributed by atoms with E-state index in [1.54, 1.807) is 0 Å². The molecule has 5 aliphatic rings. The van der Waals surface area contributed by atoms with Crippen LogP contribution >= 0.6 is 0 Å². The van der Waals surface area contributed by atoms with E-state index in [1.165, 1.54) is 19.3 Å². The Bertz CT molecular complexity index is 1160. The van der Waals surface area contributed by atoms with E-state index in [1.807, 2.05) is 30.5 Å². The van der Waals surface area contributed by atoms with Gasteiger partial charge in [0.2, 0.25) is 5.43 Å². The largest absolute Gasteiger partial charge is 0.379 e. The fourth-order valence-corrected chi connectivity index (χ4v) is 8.66. The van der Waals surface area contributed by atoms with Gasteiger partial charge in [0, 0.05) is 43.3 Å². The smallest absolute Gasteiger partial charge is 0.257 e. The third kappa shape index (κ3) is 3.89. The Balaban J connectivity index is 1.31. The van der Waals surface area contributed by atoms with Crippen LogP contribution in [0.2, 0.25) is 0 Å². The summed E-state index contributed by atoms with van der Waals surface area (Å²) in [6.07, 6.45) is 8.77. The van der Waals surface area contributed by atoms with Gasteiger partial charge in [-0.1, -0.05) is 26.0 Å². The number of aromatic nitrogens is 1. The van der Waals surface area contributed by atoms with E-state index < -0.39 is 0 Å². The van der Waals surface area contributed by atoms with Crippen LogP contribution in [0.4, 0.5) is 0 Å². The zero-order valence-electron chi connectivity index (χ0n) is 20.6. The molecule has 1 aromatic heterocycles. The number of carbonyl (C=O) groups excluding carboxylic acids is 1. The number of para-hydroxylation sites is 1. The highest BCUT2D eigenvalue weighted by atomic mass is 16.5. The van der Waals surface area contributed by atoms with Gasteiger partial charge in [-0.2, -0.15) is 0 Å². The zero-order valence-corrected chi connectivity index (χ0v) is 20.6. The zero-order chi connectivity index (χ0) is 23.6. The first-order chi connectivity index (χ1) is 16.3. The second-order valence-electron chi connectivity index (χ2n) is 12.4. The number of hydrogen-bond donors (Lipinski definition) is 1. The molecule has 5 fully saturated rings. The molecular weight excluding hydrogens is 426 g/mol. The lowest BCUT2D eigenvalue weighted by atomic mass is 9.43. The standard InChI is InChI=1S/C28H37N3O3/c1-26-13-20-14-27(2,17-26)19-28(15-20,18-26)29-25(33)22-16-31(8-7-30-9-11-34-12-10-30)23-6-4-3-5-21(23)24(22)32/h3-6,16,20H,7-15,17-19H2,1-2H3,(H,29,33)/t20?,26-,27+,28?. The lowest BCUT2D eigenvalue weighted by molar-refractivity contribution is -0.114. The number of rotatable bonds is 5. The van der Waals surface area contributed by atoms with Gasteiger partial charge in [0.25, 0.3) is 5.91 Å². The molecule has 2 aromatic rings. The number of nitrogens with zero attached hydrogens (tertiary/aromatic N) is 2. The van der Waals surface area contributed by atoms with Gasteiger partial charge in [0.15, 0.2) is 0 Å². The summed E-state index contributed by atoms with van der Waals surface area (Å²) in [5.74, 6) is 0.498. The molecule has 1 aliphatic heterocycles. The van der Waals surface area contributed by atoms with Crippen molar-refractivity contribution in [3.63, 3.8) is 0 Å². The molecule has 2 heterocycles. The Morgan fingerprint density at radius 1 is 1.03 bits per heavy atom. The van der Waals surface area contributed by atoms with Crippen molar-refractivity contribution in [1.29, 1.82) is 0 Å². The Kier molecular flexibility index (Phi) is 5.19. The van der Waals surface area contributed by atoms with Crippen LogP contribution < -0.4 is 10.7 Å². The Labute approximate surface area is 201 Å². The van der Waals surface area contributed by atoms with Crippen LogP contribution in [0.5, 0.6) is 0 Å². The summed E-state index contributed by atoms with van der Waals surface area (Å²) in [7, 11) is 0. The summed E-state index contributed by atoms with van der Waals surface area (Å²) >= 11 is 0. The fraction of sp³-hybridized carbons (Fsp3) is 0.643. The first-order valence-electron chi connectivity index (χ1n) is 13.0. The van der Waals surface area contributed by atoms with E-state index in [2.05, 4.69) is 28.6 Å². The number of amides is 1. The van der Waals surface area contributed by atoms with Crippen LogP contribution in [0.1, 0.15) is 62.7 Å². The summed E-state index contributed by atoms with van der Waals surface area (Å²) in [4.78, 5) is 29.5. The number of benzene rings is 1. The van der Waals surface area contributed by atoms with Gasteiger partial charge in [-0.15, -0.1) is 0 Å². The van der Waals surface area contributed by atoms with E-state index in [9.17, 15) is 9.59 Å². The van der Waals surface area contributed by atoms with E-state index in [-0.39, 0.29) is 22.4 Å². The molecule has 182 valence electrons. The average molecular weight is 464 g/mol. The minimum atomic E-state index is -0.190. The van der Waals surface area contributed by atoms with Crippen LogP contribution in [0, 0.1) is 16.7 Å². The number of ether oxygens (including phenoxy) is 1. The van der Waals surface area contributed by atoms with Gasteiger partial charge in [0.1, 0.15) is 5.56 Å². The quantitative estimate of drug-likeness (QED) is 0.732. The van der Waals surface area contributed by atoms with E-state index in [4.69, 9.17) is 4.74 Å². The highest BCUT2D eigenvalue weighted by molar-refractivity contribution is 5.97. The predicted octanol–water partition coefficient (Wildman–Crippen LogP) is 3.81. The van der Waals surface area contributed by atoms with Crippen LogP contribution in [0.15, 0.2) is 35.3 Å². The molecule has 4 atom stereocenters. The highest BCUT2D eigenvalue weighted by Crippen LogP contribution is 2.66. The molecule has 34 heavy (non-hydrogen) atoms. The van der Waals surface area contributed by atoms with Crippen molar-refractivity contribution in [2.75, 3.05) is 32.8 Å². The van der Waals surface area contributed by atoms with Gasteiger partial charge in [-0.25, -0.2) is 0 Å². The molecule has 1 amide bonds. The minimum absolute atomic E-state index is 0.155. The van der Waals surface area contributed by atoms with E-state index in [0.29, 0.717) is 22.1 Å². The van der Waals surface area contributed by atoms with Crippen LogP contribution in [-0.4, -0.2) is 53.8 Å². The maximum Gasteiger partial charge on any atom is 0.257 e. The second-order valence-corrected chi connectivity index (χ2v) is 12.4. The van der Waals surface area contributed by atoms with E-state index >= 15 is 0 Å². The molecule has 4 aliphatic carbocycles. The number of pyridine rings is 1. The van der Waals surface area contributed by atoms with Gasteiger partial charge in [-0.3, -0.25) is 14.5 Å². The molecule has 1 aromatic carbocycles. The molecule has 4 saturated carbocycles. The minimum Gasteiger partial charge on any atom is -0.379 e. The fourth-order valence-electron chi connectivity index (χ4n) is 8.66. The molecule has 1 saturated heterocycles. The maximum atomic E-state index is 13.7. The van der Waals surface area contributed by atoms with Crippen molar-refractivity contribution >= 4 is 16.8 Å². The van der Waals surface area contributed by atoms with Crippen LogP contribution in [0.25, 0.3) is 10.9 Å². The van der Waals surface area contributed by atoms with Crippen molar-refractivity contribution in [1.82, 2.24) is 14.8 Å². The van der Waals surface area contributed by atoms with Crippen molar-refractivity contribution in [3.8, 4) is 0 Å². The number of carbonyl (C=O) groups is 1. The van der Waals surface area contributed by atoms with Crippen LogP contribution in [-0.2, 0) is 11.3 Å². The van der Waals surface area contributed by atoms with Crippen LogP contribution in [0.3, 0.4) is 0 Å². The average Bonchev–Trinajstić information content (AvgIpc) is 2.76. The van der Waals surface area contributed by atoms with Gasteiger partial charge in [0.05, 0.1) is 18.7 Å². The number of fused-ring (bicyclic) bond motifs is 1. The molecule has 6 nitrogen and oxygen atoms in total. The summed E-state index contributed by atoms with van der Waals surface area (Å²) in [6, 6.07) is 7.69. The van der Waals surface area contributed by atoms with Crippen molar-refractivity contribution < 1.29 is 9.53 Å². The topological polar surface area (TPSA) is 63.6 Å². The highest BCUT2D eigenvalue weighted by Gasteiger charge is 2.60. The second kappa shape index (κ2) is 7.92. The van der Waals surface area contributed by atoms with Crippen molar-refractivity contribution in [2.45, 2.75) is 64.5 Å². The number of nitrogens with one attached hydrogen (secondary N) is 1. The van der Waals surface area contributed by atoms with Gasteiger partial charge in [-0.05, 0) is 67.4 Å². The predicted molar refractivity (Wildman–Crippen MR) is 133 cm³/mol. The molecule has 0 radical (unpaired) electrons. The molecule has 6 heteroatoms. The van der Waals surface area contributed by atoms with E-state index in [0.717, 1.165) is 64.2 Å². The Morgan fingerprint density at radius 2 is 1.74 bits per heavy atom. The molecule has 0 spiro atoms. The van der Waals surface area contributed by atoms with Crippen molar-refractivity contribution in [2.24, 2.45) is 16.7 Å².